The smallest absolute Gasteiger partial charge is 0.138 e. The van der Waals surface area contributed by atoms with Gasteiger partial charge in [0.25, 0.3) is 0 Å². The molecular weight excluding hydrogens is 338 g/mol. The first kappa shape index (κ1) is 18.1. The lowest BCUT2D eigenvalue weighted by molar-refractivity contribution is -0.0235. The summed E-state index contributed by atoms with van der Waals surface area (Å²) in [6.45, 7) is 4.62. The largest absolute Gasteiger partial charge is 0.497 e. The van der Waals surface area contributed by atoms with Crippen LogP contribution in [0.5, 0.6) is 5.75 Å². The lowest BCUT2D eigenvalue weighted by atomic mass is 9.85. The molecule has 2 aromatic carbocycles. The molecule has 4 heteroatoms. The first-order valence-electron chi connectivity index (χ1n) is 9.60. The normalized spacial score (nSPS) is 17.3. The molecule has 1 N–H and O–H groups in total. The number of hydrogen-bond acceptors (Lipinski definition) is 4. The van der Waals surface area contributed by atoms with Gasteiger partial charge in [-0.1, -0.05) is 29.8 Å². The van der Waals surface area contributed by atoms with Crippen LogP contribution in [0.3, 0.4) is 0 Å². The lowest BCUT2D eigenvalue weighted by Gasteiger charge is -2.38. The molecular formula is C23H27NO3. The second-order valence-corrected chi connectivity index (χ2v) is 7.78. The molecule has 0 unspecified atom stereocenters. The fourth-order valence-electron chi connectivity index (χ4n) is 3.88. The van der Waals surface area contributed by atoms with Crippen LogP contribution in [0.2, 0.25) is 0 Å². The SMILES string of the molecule is COc1ccc2cc(CN3CCC(O)(Cc4ccc(C)cc4)CC3)oc2c1. The predicted octanol–water partition coefficient (Wildman–Crippen LogP) is 4.32. The average molecular weight is 365 g/mol. The Morgan fingerprint density at radius 1 is 1.07 bits per heavy atom. The number of nitrogens with zero attached hydrogens (tertiary/aromatic N) is 1. The van der Waals surface area contributed by atoms with Crippen molar-refractivity contribution in [2.24, 2.45) is 0 Å². The van der Waals surface area contributed by atoms with E-state index in [2.05, 4.69) is 42.2 Å². The van der Waals surface area contributed by atoms with Crippen molar-refractivity contribution >= 4 is 11.0 Å². The van der Waals surface area contributed by atoms with Crippen molar-refractivity contribution in [2.45, 2.75) is 38.3 Å². The lowest BCUT2D eigenvalue weighted by Crippen LogP contribution is -2.45. The zero-order valence-electron chi connectivity index (χ0n) is 16.1. The number of likely N-dealkylation sites (tertiary alicyclic amines) is 1. The molecule has 0 bridgehead atoms. The first-order chi connectivity index (χ1) is 13.0. The zero-order valence-corrected chi connectivity index (χ0v) is 16.1. The minimum Gasteiger partial charge on any atom is -0.497 e. The highest BCUT2D eigenvalue weighted by atomic mass is 16.5. The number of piperidine rings is 1. The average Bonchev–Trinajstić information content (AvgIpc) is 3.07. The Balaban J connectivity index is 1.37. The fraction of sp³-hybridized carbons (Fsp3) is 0.391. The molecule has 1 aliphatic rings. The van der Waals surface area contributed by atoms with Crippen LogP contribution < -0.4 is 4.74 Å². The van der Waals surface area contributed by atoms with E-state index in [0.717, 1.165) is 61.4 Å². The maximum absolute atomic E-state index is 11.0. The van der Waals surface area contributed by atoms with Crippen LogP contribution in [-0.2, 0) is 13.0 Å². The van der Waals surface area contributed by atoms with E-state index in [1.807, 2.05) is 18.2 Å². The summed E-state index contributed by atoms with van der Waals surface area (Å²) in [5.74, 6) is 1.77. The van der Waals surface area contributed by atoms with Gasteiger partial charge in [0.2, 0.25) is 0 Å². The number of methoxy groups -OCH3 is 1. The van der Waals surface area contributed by atoms with Crippen LogP contribution in [0, 0.1) is 6.92 Å². The van der Waals surface area contributed by atoms with Crippen molar-refractivity contribution in [2.75, 3.05) is 20.2 Å². The second-order valence-electron chi connectivity index (χ2n) is 7.78. The quantitative estimate of drug-likeness (QED) is 0.731. The molecule has 3 aromatic rings. The number of aliphatic hydroxyl groups is 1. The molecule has 142 valence electrons. The van der Waals surface area contributed by atoms with E-state index in [0.29, 0.717) is 0 Å². The number of aryl methyl sites for hydroxylation is 1. The third-order valence-electron chi connectivity index (χ3n) is 5.60. The molecule has 4 nitrogen and oxygen atoms in total. The third kappa shape index (κ3) is 4.18. The minimum absolute atomic E-state index is 0.604. The van der Waals surface area contributed by atoms with Gasteiger partial charge in [-0.2, -0.15) is 0 Å². The predicted molar refractivity (Wildman–Crippen MR) is 107 cm³/mol. The summed E-state index contributed by atoms with van der Waals surface area (Å²) >= 11 is 0. The van der Waals surface area contributed by atoms with Gasteiger partial charge < -0.3 is 14.3 Å². The molecule has 2 heterocycles. The molecule has 4 rings (SSSR count). The maximum Gasteiger partial charge on any atom is 0.138 e. The van der Waals surface area contributed by atoms with Gasteiger partial charge >= 0.3 is 0 Å². The van der Waals surface area contributed by atoms with Crippen molar-refractivity contribution in [1.29, 1.82) is 0 Å². The number of ether oxygens (including phenoxy) is 1. The number of benzene rings is 2. The summed E-state index contributed by atoms with van der Waals surface area (Å²) in [7, 11) is 1.66. The van der Waals surface area contributed by atoms with E-state index < -0.39 is 5.60 Å². The maximum atomic E-state index is 11.0. The van der Waals surface area contributed by atoms with Gasteiger partial charge in [-0.3, -0.25) is 4.90 Å². The summed E-state index contributed by atoms with van der Waals surface area (Å²) in [5, 5.41) is 12.1. The van der Waals surface area contributed by atoms with Crippen molar-refractivity contribution in [3.63, 3.8) is 0 Å². The monoisotopic (exact) mass is 365 g/mol. The van der Waals surface area contributed by atoms with Gasteiger partial charge in [0, 0.05) is 31.0 Å². The van der Waals surface area contributed by atoms with E-state index in [1.54, 1.807) is 7.11 Å². The molecule has 0 saturated carbocycles. The van der Waals surface area contributed by atoms with Crippen molar-refractivity contribution in [3.8, 4) is 5.75 Å². The molecule has 0 radical (unpaired) electrons. The standard InChI is InChI=1S/C23H27NO3/c1-17-3-5-18(6-4-17)15-23(25)9-11-24(12-10-23)16-21-13-19-7-8-20(26-2)14-22(19)27-21/h3-8,13-14,25H,9-12,15-16H2,1-2H3. The molecule has 1 saturated heterocycles. The van der Waals surface area contributed by atoms with E-state index in [1.165, 1.54) is 11.1 Å². The van der Waals surface area contributed by atoms with Gasteiger partial charge in [0.15, 0.2) is 0 Å². The Labute approximate surface area is 160 Å². The zero-order chi connectivity index (χ0) is 18.9. The van der Waals surface area contributed by atoms with E-state index in [-0.39, 0.29) is 0 Å². The molecule has 1 fully saturated rings. The van der Waals surface area contributed by atoms with Crippen LogP contribution in [0.4, 0.5) is 0 Å². The highest BCUT2D eigenvalue weighted by Crippen LogP contribution is 2.29. The Kier molecular flexibility index (Phi) is 4.94. The fourth-order valence-corrected chi connectivity index (χ4v) is 3.88. The number of hydrogen-bond donors (Lipinski definition) is 1. The molecule has 0 aliphatic carbocycles. The van der Waals surface area contributed by atoms with E-state index in [4.69, 9.17) is 9.15 Å². The van der Waals surface area contributed by atoms with E-state index >= 15 is 0 Å². The van der Waals surface area contributed by atoms with Crippen LogP contribution in [-0.4, -0.2) is 35.8 Å². The Bertz CT molecular complexity index is 905. The molecule has 1 aliphatic heterocycles. The second kappa shape index (κ2) is 7.37. The van der Waals surface area contributed by atoms with Crippen molar-refractivity contribution in [1.82, 2.24) is 4.90 Å². The third-order valence-corrected chi connectivity index (χ3v) is 5.60. The molecule has 1 aromatic heterocycles. The summed E-state index contributed by atoms with van der Waals surface area (Å²) in [6.07, 6.45) is 2.30. The van der Waals surface area contributed by atoms with Gasteiger partial charge in [-0.05, 0) is 43.5 Å². The van der Waals surface area contributed by atoms with Crippen LogP contribution >= 0.6 is 0 Å². The highest BCUT2D eigenvalue weighted by molar-refractivity contribution is 5.79. The first-order valence-corrected chi connectivity index (χ1v) is 9.60. The van der Waals surface area contributed by atoms with Crippen LogP contribution in [0.1, 0.15) is 29.7 Å². The topological polar surface area (TPSA) is 45.8 Å². The molecule has 0 amide bonds. The summed E-state index contributed by atoms with van der Waals surface area (Å²) in [5.41, 5.74) is 2.72. The minimum atomic E-state index is -0.604. The van der Waals surface area contributed by atoms with Gasteiger partial charge in [-0.15, -0.1) is 0 Å². The Morgan fingerprint density at radius 2 is 1.81 bits per heavy atom. The molecule has 0 spiro atoms. The Morgan fingerprint density at radius 3 is 2.52 bits per heavy atom. The van der Waals surface area contributed by atoms with Crippen molar-refractivity contribution in [3.05, 3.63) is 65.4 Å². The number of furan rings is 1. The van der Waals surface area contributed by atoms with Gasteiger partial charge in [0.05, 0.1) is 19.3 Å². The van der Waals surface area contributed by atoms with Crippen LogP contribution in [0.15, 0.2) is 52.9 Å². The molecule has 0 atom stereocenters. The molecule has 27 heavy (non-hydrogen) atoms. The van der Waals surface area contributed by atoms with Gasteiger partial charge in [0.1, 0.15) is 17.1 Å². The van der Waals surface area contributed by atoms with Gasteiger partial charge in [-0.25, -0.2) is 0 Å². The summed E-state index contributed by atoms with van der Waals surface area (Å²) in [6, 6.07) is 16.5. The van der Waals surface area contributed by atoms with Crippen LogP contribution in [0.25, 0.3) is 11.0 Å². The summed E-state index contributed by atoms with van der Waals surface area (Å²) < 4.78 is 11.2. The van der Waals surface area contributed by atoms with E-state index in [9.17, 15) is 5.11 Å². The van der Waals surface area contributed by atoms with Crippen molar-refractivity contribution < 1.29 is 14.3 Å². The Hall–Kier alpha value is -2.30. The number of fused-ring (bicyclic) bond motifs is 1. The number of rotatable bonds is 5. The highest BCUT2D eigenvalue weighted by Gasteiger charge is 2.32. The summed E-state index contributed by atoms with van der Waals surface area (Å²) in [4.78, 5) is 2.36.